The third kappa shape index (κ3) is 2.73. The normalized spacial score (nSPS) is 29.9. The zero-order valence-electron chi connectivity index (χ0n) is 14.9. The molecule has 26 heavy (non-hydrogen) atoms. The molecule has 0 spiro atoms. The Morgan fingerprint density at radius 1 is 1.04 bits per heavy atom. The van der Waals surface area contributed by atoms with Gasteiger partial charge in [0.15, 0.2) is 0 Å². The molecule has 1 saturated carbocycles. The van der Waals surface area contributed by atoms with Crippen LogP contribution in [0.5, 0.6) is 5.75 Å². The lowest BCUT2D eigenvalue weighted by Gasteiger charge is -2.39. The molecule has 2 bridgehead atoms. The molecule has 1 aromatic carbocycles. The van der Waals surface area contributed by atoms with Crippen molar-refractivity contribution in [1.29, 1.82) is 0 Å². The number of carboxylic acid groups (broad SMARTS) is 1. The van der Waals surface area contributed by atoms with Crippen LogP contribution in [0.15, 0.2) is 36.4 Å². The van der Waals surface area contributed by atoms with Crippen molar-refractivity contribution in [1.82, 2.24) is 4.90 Å². The minimum atomic E-state index is -0.840. The fraction of sp³-hybridized carbons (Fsp3) is 0.500. The van der Waals surface area contributed by atoms with Crippen LogP contribution in [0.1, 0.15) is 6.42 Å². The largest absolute Gasteiger partial charge is 0.495 e. The van der Waals surface area contributed by atoms with Crippen molar-refractivity contribution in [3.8, 4) is 5.75 Å². The number of ether oxygens (including phenoxy) is 1. The van der Waals surface area contributed by atoms with E-state index in [1.807, 2.05) is 41.3 Å². The van der Waals surface area contributed by atoms with E-state index >= 15 is 0 Å². The van der Waals surface area contributed by atoms with E-state index in [1.165, 1.54) is 0 Å². The minimum absolute atomic E-state index is 0.00827. The number of hydrogen-bond donors (Lipinski definition) is 1. The molecule has 1 N–H and O–H groups in total. The van der Waals surface area contributed by atoms with Crippen LogP contribution in [0.4, 0.5) is 5.69 Å². The minimum Gasteiger partial charge on any atom is -0.495 e. The molecule has 1 saturated heterocycles. The summed E-state index contributed by atoms with van der Waals surface area (Å²) in [5.74, 6) is -0.870. The molecule has 0 aromatic heterocycles. The summed E-state index contributed by atoms with van der Waals surface area (Å²) in [5, 5.41) is 9.57. The third-order valence-electron chi connectivity index (χ3n) is 6.05. The Morgan fingerprint density at radius 3 is 2.35 bits per heavy atom. The summed E-state index contributed by atoms with van der Waals surface area (Å²) in [5.41, 5.74) is 1.04. The number of carbonyl (C=O) groups excluding carboxylic acids is 1. The lowest BCUT2D eigenvalue weighted by molar-refractivity contribution is -0.151. The van der Waals surface area contributed by atoms with E-state index in [0.29, 0.717) is 13.1 Å². The topological polar surface area (TPSA) is 70.1 Å². The molecule has 138 valence electrons. The number of fused-ring (bicyclic) bond motifs is 2. The Labute approximate surface area is 153 Å². The van der Waals surface area contributed by atoms with E-state index in [4.69, 9.17) is 4.74 Å². The maximum Gasteiger partial charge on any atom is 0.307 e. The van der Waals surface area contributed by atoms with Crippen LogP contribution < -0.4 is 9.64 Å². The van der Waals surface area contributed by atoms with Gasteiger partial charge in [0.2, 0.25) is 5.91 Å². The standard InChI is InChI=1S/C20H24N2O4/c1-26-16-5-3-2-4-15(16)21-8-10-22(11-9-21)19(23)17-13-6-7-14(12-13)18(17)20(24)25/h2-7,13-14,17-18H,8-12H2,1H3,(H,24,25). The molecule has 4 unspecified atom stereocenters. The number of nitrogens with zero attached hydrogens (tertiary/aromatic N) is 2. The summed E-state index contributed by atoms with van der Waals surface area (Å²) in [6, 6.07) is 7.88. The molecule has 3 aliphatic rings. The van der Waals surface area contributed by atoms with Crippen molar-refractivity contribution in [2.75, 3.05) is 38.2 Å². The van der Waals surface area contributed by atoms with Crippen molar-refractivity contribution in [3.05, 3.63) is 36.4 Å². The highest BCUT2D eigenvalue weighted by atomic mass is 16.5. The second-order valence-electron chi connectivity index (χ2n) is 7.32. The fourth-order valence-corrected chi connectivity index (χ4v) is 4.77. The van der Waals surface area contributed by atoms with Gasteiger partial charge in [-0.15, -0.1) is 0 Å². The molecule has 2 fully saturated rings. The lowest BCUT2D eigenvalue weighted by Crippen LogP contribution is -2.52. The second-order valence-corrected chi connectivity index (χ2v) is 7.32. The third-order valence-corrected chi connectivity index (χ3v) is 6.05. The first-order valence-electron chi connectivity index (χ1n) is 9.18. The van der Waals surface area contributed by atoms with Gasteiger partial charge in [0.05, 0.1) is 24.6 Å². The van der Waals surface area contributed by atoms with Gasteiger partial charge in [0, 0.05) is 26.2 Å². The van der Waals surface area contributed by atoms with Crippen LogP contribution in [0, 0.1) is 23.7 Å². The highest BCUT2D eigenvalue weighted by Gasteiger charge is 2.52. The van der Waals surface area contributed by atoms with Crippen LogP contribution in [0.25, 0.3) is 0 Å². The molecule has 1 aliphatic heterocycles. The smallest absolute Gasteiger partial charge is 0.307 e. The maximum absolute atomic E-state index is 13.1. The summed E-state index contributed by atoms with van der Waals surface area (Å²) in [7, 11) is 1.66. The Kier molecular flexibility index (Phi) is 4.34. The zero-order chi connectivity index (χ0) is 18.3. The van der Waals surface area contributed by atoms with Crippen LogP contribution in [-0.4, -0.2) is 55.2 Å². The predicted octanol–water partition coefficient (Wildman–Crippen LogP) is 1.87. The van der Waals surface area contributed by atoms with Gasteiger partial charge in [0.25, 0.3) is 0 Å². The maximum atomic E-state index is 13.1. The zero-order valence-corrected chi connectivity index (χ0v) is 14.9. The average Bonchev–Trinajstić information content (AvgIpc) is 3.29. The molecule has 6 nitrogen and oxygen atoms in total. The number of para-hydroxylation sites is 2. The van der Waals surface area contributed by atoms with E-state index in [9.17, 15) is 14.7 Å². The van der Waals surface area contributed by atoms with E-state index in [2.05, 4.69) is 4.90 Å². The van der Waals surface area contributed by atoms with Crippen molar-refractivity contribution >= 4 is 17.6 Å². The Bertz CT molecular complexity index is 739. The van der Waals surface area contributed by atoms with Gasteiger partial charge in [-0.1, -0.05) is 24.3 Å². The first kappa shape index (κ1) is 16.9. The van der Waals surface area contributed by atoms with Crippen molar-refractivity contribution in [2.45, 2.75) is 6.42 Å². The number of aliphatic carboxylic acids is 1. The Balaban J connectivity index is 1.44. The second kappa shape index (κ2) is 6.67. The summed E-state index contributed by atoms with van der Waals surface area (Å²) in [6.45, 7) is 2.67. The van der Waals surface area contributed by atoms with Crippen LogP contribution >= 0.6 is 0 Å². The number of carbonyl (C=O) groups is 2. The first-order chi connectivity index (χ1) is 12.6. The van der Waals surface area contributed by atoms with E-state index < -0.39 is 17.8 Å². The fourth-order valence-electron chi connectivity index (χ4n) is 4.77. The summed E-state index contributed by atoms with van der Waals surface area (Å²) < 4.78 is 5.43. The molecule has 2 aliphatic carbocycles. The summed E-state index contributed by atoms with van der Waals surface area (Å²) in [4.78, 5) is 28.8. The van der Waals surface area contributed by atoms with Crippen LogP contribution in [0.2, 0.25) is 0 Å². The van der Waals surface area contributed by atoms with Crippen molar-refractivity contribution in [2.24, 2.45) is 23.7 Å². The molecule has 4 atom stereocenters. The molecule has 4 rings (SSSR count). The number of carboxylic acids is 1. The van der Waals surface area contributed by atoms with Gasteiger partial charge >= 0.3 is 5.97 Å². The molecule has 1 heterocycles. The first-order valence-corrected chi connectivity index (χ1v) is 9.18. The number of anilines is 1. The quantitative estimate of drug-likeness (QED) is 0.834. The lowest BCUT2D eigenvalue weighted by atomic mass is 9.82. The van der Waals surface area contributed by atoms with Crippen molar-refractivity contribution in [3.63, 3.8) is 0 Å². The predicted molar refractivity (Wildman–Crippen MR) is 97.1 cm³/mol. The number of allylic oxidation sites excluding steroid dienone is 2. The molecule has 0 radical (unpaired) electrons. The van der Waals surface area contributed by atoms with Gasteiger partial charge in [-0.3, -0.25) is 9.59 Å². The number of rotatable bonds is 4. The van der Waals surface area contributed by atoms with Crippen LogP contribution in [-0.2, 0) is 9.59 Å². The summed E-state index contributed by atoms with van der Waals surface area (Å²) >= 11 is 0. The number of piperazine rings is 1. The molecule has 1 amide bonds. The van der Waals surface area contributed by atoms with Gasteiger partial charge in [0.1, 0.15) is 5.75 Å². The van der Waals surface area contributed by atoms with Gasteiger partial charge in [-0.05, 0) is 30.4 Å². The van der Waals surface area contributed by atoms with Gasteiger partial charge in [-0.25, -0.2) is 0 Å². The van der Waals surface area contributed by atoms with E-state index in [1.54, 1.807) is 7.11 Å². The Morgan fingerprint density at radius 2 is 1.69 bits per heavy atom. The molecular weight excluding hydrogens is 332 g/mol. The van der Waals surface area contributed by atoms with Gasteiger partial charge in [-0.2, -0.15) is 0 Å². The monoisotopic (exact) mass is 356 g/mol. The van der Waals surface area contributed by atoms with Crippen molar-refractivity contribution < 1.29 is 19.4 Å². The highest BCUT2D eigenvalue weighted by molar-refractivity contribution is 5.87. The van der Waals surface area contributed by atoms with E-state index in [-0.39, 0.29) is 17.7 Å². The Hall–Kier alpha value is -2.50. The number of amides is 1. The number of benzene rings is 1. The van der Waals surface area contributed by atoms with E-state index in [0.717, 1.165) is 30.9 Å². The number of hydrogen-bond acceptors (Lipinski definition) is 4. The number of methoxy groups -OCH3 is 1. The SMILES string of the molecule is COc1ccccc1N1CCN(C(=O)C2C3C=CC(C3)C2C(=O)O)CC1. The average molecular weight is 356 g/mol. The van der Waals surface area contributed by atoms with Crippen LogP contribution in [0.3, 0.4) is 0 Å². The highest BCUT2D eigenvalue weighted by Crippen LogP contribution is 2.48. The molecule has 1 aromatic rings. The molecule has 6 heteroatoms. The van der Waals surface area contributed by atoms with Gasteiger partial charge < -0.3 is 19.6 Å². The summed E-state index contributed by atoms with van der Waals surface area (Å²) in [6.07, 6.45) is 4.82. The molecular formula is C20H24N2O4.